The first-order valence-corrected chi connectivity index (χ1v) is 7.90. The molecule has 0 aliphatic carbocycles. The van der Waals surface area contributed by atoms with Crippen LogP contribution in [-0.4, -0.2) is 11.5 Å². The van der Waals surface area contributed by atoms with Gasteiger partial charge in [0.1, 0.15) is 0 Å². The van der Waals surface area contributed by atoms with Crippen LogP contribution in [0.4, 0.5) is 0 Å². The number of hydrogen-bond acceptors (Lipinski definition) is 2. The van der Waals surface area contributed by atoms with Crippen molar-refractivity contribution < 1.29 is 0 Å². The first-order chi connectivity index (χ1) is 9.65. The number of halogens is 2. The molecule has 0 bridgehead atoms. The zero-order chi connectivity index (χ0) is 14.5. The van der Waals surface area contributed by atoms with Gasteiger partial charge in [-0.05, 0) is 64.6 Å². The van der Waals surface area contributed by atoms with E-state index in [2.05, 4.69) is 46.1 Å². The Morgan fingerprint density at radius 2 is 2.10 bits per heavy atom. The van der Waals surface area contributed by atoms with Gasteiger partial charge < -0.3 is 5.32 Å². The maximum Gasteiger partial charge on any atom is 0.0609 e. The second-order valence-corrected chi connectivity index (χ2v) is 5.99. The van der Waals surface area contributed by atoms with E-state index in [4.69, 9.17) is 11.6 Å². The molecular weight excluding hydrogens is 336 g/mol. The molecule has 1 N–H and O–H groups in total. The minimum atomic E-state index is 0.0636. The summed E-state index contributed by atoms with van der Waals surface area (Å²) in [5.74, 6) is 0. The summed E-state index contributed by atoms with van der Waals surface area (Å²) in [6.45, 7) is 5.19. The maximum atomic E-state index is 6.46. The van der Waals surface area contributed by atoms with Crippen molar-refractivity contribution in [2.75, 3.05) is 6.54 Å². The lowest BCUT2D eigenvalue weighted by Gasteiger charge is -2.22. The highest BCUT2D eigenvalue weighted by atomic mass is 79.9. The first-order valence-electron chi connectivity index (χ1n) is 6.73. The average molecular weight is 354 g/mol. The summed E-state index contributed by atoms with van der Waals surface area (Å²) < 4.78 is 0.918. The maximum absolute atomic E-state index is 6.46. The predicted molar refractivity (Wildman–Crippen MR) is 88.3 cm³/mol. The number of aromatic nitrogens is 1. The lowest BCUT2D eigenvalue weighted by molar-refractivity contribution is 0.594. The number of nitrogens with one attached hydrogen (secondary N) is 1. The molecule has 106 valence electrons. The minimum Gasteiger partial charge on any atom is -0.306 e. The van der Waals surface area contributed by atoms with Crippen LogP contribution in [0.5, 0.6) is 0 Å². The van der Waals surface area contributed by atoms with E-state index in [0.29, 0.717) is 0 Å². The van der Waals surface area contributed by atoms with E-state index in [1.54, 1.807) is 0 Å². The van der Waals surface area contributed by atoms with Gasteiger partial charge in [-0.2, -0.15) is 0 Å². The molecule has 0 aliphatic rings. The molecule has 2 aromatic rings. The normalized spacial score (nSPS) is 12.4. The van der Waals surface area contributed by atoms with E-state index < -0.39 is 0 Å². The molecule has 0 spiro atoms. The highest BCUT2D eigenvalue weighted by molar-refractivity contribution is 9.10. The highest BCUT2D eigenvalue weighted by Crippen LogP contribution is 2.34. The largest absolute Gasteiger partial charge is 0.306 e. The summed E-state index contributed by atoms with van der Waals surface area (Å²) in [5.41, 5.74) is 3.45. The molecule has 1 unspecified atom stereocenters. The number of nitrogens with zero attached hydrogens (tertiary/aromatic N) is 1. The molecule has 20 heavy (non-hydrogen) atoms. The summed E-state index contributed by atoms with van der Waals surface area (Å²) in [4.78, 5) is 4.26. The second kappa shape index (κ2) is 7.21. The van der Waals surface area contributed by atoms with Crippen LogP contribution in [0.2, 0.25) is 5.02 Å². The third kappa shape index (κ3) is 3.40. The lowest BCUT2D eigenvalue weighted by atomic mass is 9.96. The molecule has 0 saturated carbocycles. The minimum absolute atomic E-state index is 0.0636. The summed E-state index contributed by atoms with van der Waals surface area (Å²) in [7, 11) is 0. The molecule has 1 atom stereocenters. The molecule has 1 heterocycles. The molecule has 0 amide bonds. The van der Waals surface area contributed by atoms with Crippen LogP contribution < -0.4 is 5.32 Å². The predicted octanol–water partition coefficient (Wildman–Crippen LogP) is 4.89. The Labute approximate surface area is 133 Å². The van der Waals surface area contributed by atoms with Crippen molar-refractivity contribution >= 4 is 27.5 Å². The van der Waals surface area contributed by atoms with E-state index in [0.717, 1.165) is 28.0 Å². The van der Waals surface area contributed by atoms with Crippen LogP contribution in [0, 0.1) is 6.92 Å². The number of pyridine rings is 1. The number of hydrogen-bond donors (Lipinski definition) is 1. The molecule has 1 aromatic heterocycles. The van der Waals surface area contributed by atoms with Crippen molar-refractivity contribution in [3.63, 3.8) is 0 Å². The summed E-state index contributed by atoms with van der Waals surface area (Å²) in [6.07, 6.45) is 4.81. The van der Waals surface area contributed by atoms with Gasteiger partial charge in [0.05, 0.1) is 11.1 Å². The number of aryl methyl sites for hydroxylation is 1. The molecule has 0 saturated heterocycles. The number of benzene rings is 1. The van der Waals surface area contributed by atoms with E-state index >= 15 is 0 Å². The lowest BCUT2D eigenvalue weighted by Crippen LogP contribution is -2.24. The standard InChI is InChI=1S/C16H18BrClN2/c1-3-8-20-16(13-10-19-9-7-11(13)2)12-5-4-6-14(17)15(12)18/h4-7,9-10,16,20H,3,8H2,1-2H3. The van der Waals surface area contributed by atoms with Gasteiger partial charge >= 0.3 is 0 Å². The average Bonchev–Trinajstić information content (AvgIpc) is 2.45. The van der Waals surface area contributed by atoms with Crippen molar-refractivity contribution in [3.8, 4) is 0 Å². The Hall–Kier alpha value is -0.900. The molecule has 4 heteroatoms. The van der Waals surface area contributed by atoms with Crippen LogP contribution in [0.25, 0.3) is 0 Å². The van der Waals surface area contributed by atoms with E-state index in [-0.39, 0.29) is 6.04 Å². The van der Waals surface area contributed by atoms with Gasteiger partial charge in [0.15, 0.2) is 0 Å². The zero-order valence-corrected chi connectivity index (χ0v) is 14.0. The Morgan fingerprint density at radius 3 is 2.80 bits per heavy atom. The molecular formula is C16H18BrClN2. The van der Waals surface area contributed by atoms with Gasteiger partial charge in [-0.1, -0.05) is 30.7 Å². The van der Waals surface area contributed by atoms with Crippen LogP contribution in [0.1, 0.15) is 36.1 Å². The van der Waals surface area contributed by atoms with Crippen molar-refractivity contribution in [2.24, 2.45) is 0 Å². The van der Waals surface area contributed by atoms with Gasteiger partial charge in [-0.25, -0.2) is 0 Å². The topological polar surface area (TPSA) is 24.9 Å². The third-order valence-corrected chi connectivity index (χ3v) is 4.59. The monoisotopic (exact) mass is 352 g/mol. The van der Waals surface area contributed by atoms with Crippen molar-refractivity contribution in [1.29, 1.82) is 0 Å². The Kier molecular flexibility index (Phi) is 5.58. The van der Waals surface area contributed by atoms with Crippen LogP contribution in [0.3, 0.4) is 0 Å². The van der Waals surface area contributed by atoms with Gasteiger partial charge in [-0.15, -0.1) is 0 Å². The van der Waals surface area contributed by atoms with Gasteiger partial charge in [0, 0.05) is 16.9 Å². The molecule has 2 nitrogen and oxygen atoms in total. The fourth-order valence-electron chi connectivity index (χ4n) is 2.20. The first kappa shape index (κ1) is 15.5. The van der Waals surface area contributed by atoms with Gasteiger partial charge in [0.2, 0.25) is 0 Å². The van der Waals surface area contributed by atoms with E-state index in [1.165, 1.54) is 11.1 Å². The summed E-state index contributed by atoms with van der Waals surface area (Å²) in [6, 6.07) is 8.12. The number of rotatable bonds is 5. The van der Waals surface area contributed by atoms with Crippen molar-refractivity contribution in [2.45, 2.75) is 26.3 Å². The second-order valence-electron chi connectivity index (χ2n) is 4.76. The SMILES string of the molecule is CCCNC(c1cnccc1C)c1cccc(Br)c1Cl. The van der Waals surface area contributed by atoms with Gasteiger partial charge in [-0.3, -0.25) is 4.98 Å². The smallest absolute Gasteiger partial charge is 0.0609 e. The van der Waals surface area contributed by atoms with Crippen molar-refractivity contribution in [1.82, 2.24) is 10.3 Å². The molecule has 0 radical (unpaired) electrons. The van der Waals surface area contributed by atoms with Crippen LogP contribution in [-0.2, 0) is 0 Å². The third-order valence-electron chi connectivity index (χ3n) is 3.28. The van der Waals surface area contributed by atoms with Crippen LogP contribution >= 0.6 is 27.5 Å². The van der Waals surface area contributed by atoms with Crippen molar-refractivity contribution in [3.05, 3.63) is 62.8 Å². The zero-order valence-electron chi connectivity index (χ0n) is 11.7. The van der Waals surface area contributed by atoms with E-state index in [9.17, 15) is 0 Å². The Bertz CT molecular complexity index is 586. The summed E-state index contributed by atoms with van der Waals surface area (Å²) in [5, 5.41) is 4.32. The quantitative estimate of drug-likeness (QED) is 0.827. The molecule has 0 aliphatic heterocycles. The Balaban J connectivity index is 2.47. The fraction of sp³-hybridized carbons (Fsp3) is 0.312. The van der Waals surface area contributed by atoms with Crippen LogP contribution in [0.15, 0.2) is 41.1 Å². The van der Waals surface area contributed by atoms with Gasteiger partial charge in [0.25, 0.3) is 0 Å². The van der Waals surface area contributed by atoms with E-state index in [1.807, 2.05) is 30.6 Å². The highest BCUT2D eigenvalue weighted by Gasteiger charge is 2.19. The molecule has 2 rings (SSSR count). The molecule has 1 aromatic carbocycles. The Morgan fingerprint density at radius 1 is 1.30 bits per heavy atom. The molecule has 0 fully saturated rings. The fourth-order valence-corrected chi connectivity index (χ4v) is 2.81. The summed E-state index contributed by atoms with van der Waals surface area (Å²) >= 11 is 9.96.